The summed E-state index contributed by atoms with van der Waals surface area (Å²) in [5, 5.41) is 23.7. The van der Waals surface area contributed by atoms with Crippen LogP contribution in [-0.4, -0.2) is 92.0 Å². The van der Waals surface area contributed by atoms with Gasteiger partial charge in [-0.3, -0.25) is 14.4 Å². The first-order valence-electron chi connectivity index (χ1n) is 13.8. The Morgan fingerprint density at radius 2 is 2.05 bits per heavy atom. The third-order valence-corrected chi connectivity index (χ3v) is 8.95. The van der Waals surface area contributed by atoms with Crippen molar-refractivity contribution in [2.24, 2.45) is 17.8 Å². The van der Waals surface area contributed by atoms with E-state index < -0.39 is 30.1 Å². The second-order valence-corrected chi connectivity index (χ2v) is 11.1. The molecule has 2 saturated carbocycles. The highest BCUT2D eigenvalue weighted by Crippen LogP contribution is 2.52. The number of fused-ring (bicyclic) bond motifs is 5. The number of hydrogen-bond acceptors (Lipinski definition) is 8. The molecular weight excluding hydrogens is 504 g/mol. The minimum Gasteiger partial charge on any atom is -0.493 e. The first-order chi connectivity index (χ1) is 18.9. The molecule has 10 nitrogen and oxygen atoms in total. The lowest BCUT2D eigenvalue weighted by atomic mass is 9.77. The molecule has 0 spiro atoms. The van der Waals surface area contributed by atoms with E-state index in [0.29, 0.717) is 58.7 Å². The van der Waals surface area contributed by atoms with Crippen LogP contribution in [0.4, 0.5) is 0 Å². The minimum atomic E-state index is -1.15. The number of aliphatic hydroxyl groups is 2. The molecular formula is C29H38N2O8. The van der Waals surface area contributed by atoms with E-state index in [0.717, 1.165) is 6.42 Å². The van der Waals surface area contributed by atoms with E-state index in [1.165, 1.54) is 26.4 Å². The molecule has 5 rings (SSSR count). The zero-order valence-corrected chi connectivity index (χ0v) is 22.5. The Balaban J connectivity index is 1.51. The zero-order chi connectivity index (χ0) is 27.7. The Bertz CT molecular complexity index is 1140. The fourth-order valence-electron chi connectivity index (χ4n) is 7.16. The molecule has 0 aromatic heterocycles. The molecule has 7 atom stereocenters. The van der Waals surface area contributed by atoms with Gasteiger partial charge >= 0.3 is 0 Å². The van der Waals surface area contributed by atoms with Crippen molar-refractivity contribution in [1.29, 1.82) is 0 Å². The molecule has 1 aromatic rings. The summed E-state index contributed by atoms with van der Waals surface area (Å²) in [4.78, 5) is 40.4. The molecule has 2 amide bonds. The third-order valence-electron chi connectivity index (χ3n) is 8.95. The van der Waals surface area contributed by atoms with Crippen LogP contribution < -0.4 is 14.8 Å². The molecule has 2 fully saturated rings. The van der Waals surface area contributed by atoms with Gasteiger partial charge in [-0.15, -0.1) is 0 Å². The van der Waals surface area contributed by atoms with Crippen molar-refractivity contribution in [3.05, 3.63) is 34.9 Å². The van der Waals surface area contributed by atoms with Crippen molar-refractivity contribution < 1.29 is 38.8 Å². The molecule has 10 heteroatoms. The Morgan fingerprint density at radius 1 is 1.23 bits per heavy atom. The molecule has 0 radical (unpaired) electrons. The maximum atomic E-state index is 13.8. The quantitative estimate of drug-likeness (QED) is 0.358. The number of ether oxygens (including phenoxy) is 3. The van der Waals surface area contributed by atoms with Crippen LogP contribution in [0.3, 0.4) is 0 Å². The SMILES string of the molecule is COCCN(C(=O)CC1CC2CCC1C2)C1C=C(C(=O)NCCO)C2c3cc(C=O)cc(OC)c3OC2C1O. The van der Waals surface area contributed by atoms with Crippen LogP contribution in [0, 0.1) is 17.8 Å². The largest absolute Gasteiger partial charge is 0.493 e. The lowest BCUT2D eigenvalue weighted by Crippen LogP contribution is -2.56. The van der Waals surface area contributed by atoms with Gasteiger partial charge in [0.05, 0.1) is 32.3 Å². The van der Waals surface area contributed by atoms with Crippen LogP contribution in [0.25, 0.3) is 0 Å². The smallest absolute Gasteiger partial charge is 0.247 e. The van der Waals surface area contributed by atoms with Crippen molar-refractivity contribution in [3.8, 4) is 11.5 Å². The number of benzene rings is 1. The molecule has 4 aliphatic rings. The summed E-state index contributed by atoms with van der Waals surface area (Å²) < 4.78 is 17.0. The van der Waals surface area contributed by atoms with Gasteiger partial charge in [-0.1, -0.05) is 6.42 Å². The maximum absolute atomic E-state index is 13.8. The number of aliphatic hydroxyl groups excluding tert-OH is 2. The van der Waals surface area contributed by atoms with E-state index in [9.17, 15) is 24.6 Å². The fraction of sp³-hybridized carbons (Fsp3) is 0.621. The van der Waals surface area contributed by atoms with Crippen molar-refractivity contribution in [1.82, 2.24) is 10.2 Å². The van der Waals surface area contributed by atoms with Gasteiger partial charge in [0, 0.05) is 43.3 Å². The van der Waals surface area contributed by atoms with Gasteiger partial charge in [-0.05, 0) is 55.2 Å². The number of methoxy groups -OCH3 is 2. The molecule has 1 aliphatic heterocycles. The number of nitrogens with one attached hydrogen (secondary N) is 1. The monoisotopic (exact) mass is 542 g/mol. The zero-order valence-electron chi connectivity index (χ0n) is 22.5. The number of carbonyl (C=O) groups is 3. The molecule has 1 aromatic carbocycles. The van der Waals surface area contributed by atoms with E-state index in [-0.39, 0.29) is 32.2 Å². The highest BCUT2D eigenvalue weighted by atomic mass is 16.5. The van der Waals surface area contributed by atoms with Crippen LogP contribution in [0.15, 0.2) is 23.8 Å². The lowest BCUT2D eigenvalue weighted by molar-refractivity contribution is -0.139. The normalized spacial score (nSPS) is 30.2. The number of hydrogen-bond donors (Lipinski definition) is 3. The van der Waals surface area contributed by atoms with Crippen LogP contribution in [0.2, 0.25) is 0 Å². The molecule has 1 heterocycles. The Morgan fingerprint density at radius 3 is 2.69 bits per heavy atom. The first kappa shape index (κ1) is 27.6. The average Bonchev–Trinajstić information content (AvgIpc) is 3.67. The van der Waals surface area contributed by atoms with Crippen molar-refractivity contribution in [2.75, 3.05) is 40.5 Å². The van der Waals surface area contributed by atoms with Gasteiger partial charge in [0.15, 0.2) is 11.5 Å². The number of carbonyl (C=O) groups excluding carboxylic acids is 3. The summed E-state index contributed by atoms with van der Waals surface area (Å²) >= 11 is 0. The van der Waals surface area contributed by atoms with E-state index in [1.807, 2.05) is 0 Å². The maximum Gasteiger partial charge on any atom is 0.247 e. The summed E-state index contributed by atoms with van der Waals surface area (Å²) in [6.45, 7) is 0.334. The van der Waals surface area contributed by atoms with Crippen LogP contribution >= 0.6 is 0 Å². The average molecular weight is 543 g/mol. The molecule has 39 heavy (non-hydrogen) atoms. The standard InChI is InChI=1S/C29H38N2O8/c1-37-8-6-31(24(34)13-19-10-16-3-4-18(19)9-16)22-14-21(29(36)30-5-7-32)25-20-11-17(15-33)12-23(38-2)27(20)39-28(25)26(22)35/h11-12,14-16,18-19,22,25-26,28,32,35H,3-10,13H2,1-2H3,(H,30,36). The van der Waals surface area contributed by atoms with E-state index in [2.05, 4.69) is 5.32 Å². The Labute approximate surface area is 228 Å². The highest BCUT2D eigenvalue weighted by molar-refractivity contribution is 5.96. The molecule has 3 N–H and O–H groups in total. The van der Waals surface area contributed by atoms with Gasteiger partial charge in [-0.2, -0.15) is 0 Å². The van der Waals surface area contributed by atoms with E-state index in [4.69, 9.17) is 14.2 Å². The van der Waals surface area contributed by atoms with E-state index >= 15 is 0 Å². The predicted molar refractivity (Wildman–Crippen MR) is 141 cm³/mol. The Kier molecular flexibility index (Phi) is 8.25. The van der Waals surface area contributed by atoms with Gasteiger partial charge in [-0.25, -0.2) is 0 Å². The van der Waals surface area contributed by atoms with Crippen LogP contribution in [0.1, 0.15) is 53.9 Å². The number of amides is 2. The predicted octanol–water partition coefficient (Wildman–Crippen LogP) is 1.43. The lowest BCUT2D eigenvalue weighted by Gasteiger charge is -2.41. The third kappa shape index (κ3) is 5.17. The summed E-state index contributed by atoms with van der Waals surface area (Å²) in [5.74, 6) is 1.10. The summed E-state index contributed by atoms with van der Waals surface area (Å²) in [6, 6.07) is 2.36. The fourth-order valence-corrected chi connectivity index (χ4v) is 7.16. The minimum absolute atomic E-state index is 0.0444. The molecule has 7 unspecified atom stereocenters. The second-order valence-electron chi connectivity index (χ2n) is 11.1. The van der Waals surface area contributed by atoms with Crippen LogP contribution in [-0.2, 0) is 14.3 Å². The topological polar surface area (TPSA) is 135 Å². The Hall–Kier alpha value is -2.95. The number of aldehydes is 1. The summed E-state index contributed by atoms with van der Waals surface area (Å²) in [7, 11) is 3.02. The van der Waals surface area contributed by atoms with Crippen molar-refractivity contribution in [3.63, 3.8) is 0 Å². The molecule has 212 valence electrons. The van der Waals surface area contributed by atoms with Crippen molar-refractivity contribution >= 4 is 18.1 Å². The number of rotatable bonds is 11. The van der Waals surface area contributed by atoms with Crippen LogP contribution in [0.5, 0.6) is 11.5 Å². The van der Waals surface area contributed by atoms with Gasteiger partial charge in [0.2, 0.25) is 11.8 Å². The molecule has 3 aliphatic carbocycles. The van der Waals surface area contributed by atoms with Gasteiger partial charge in [0.25, 0.3) is 0 Å². The van der Waals surface area contributed by atoms with Gasteiger partial charge in [0.1, 0.15) is 18.5 Å². The summed E-state index contributed by atoms with van der Waals surface area (Å²) in [5.41, 5.74) is 1.22. The van der Waals surface area contributed by atoms with Crippen molar-refractivity contribution in [2.45, 2.75) is 56.3 Å². The summed E-state index contributed by atoms with van der Waals surface area (Å²) in [6.07, 6.45) is 5.37. The van der Waals surface area contributed by atoms with E-state index in [1.54, 1.807) is 30.2 Å². The second kappa shape index (κ2) is 11.7. The molecule has 2 bridgehead atoms. The highest BCUT2D eigenvalue weighted by Gasteiger charge is 2.52. The first-order valence-corrected chi connectivity index (χ1v) is 13.8. The van der Waals surface area contributed by atoms with Gasteiger partial charge < -0.3 is 34.6 Å². The molecule has 0 saturated heterocycles. The number of nitrogens with zero attached hydrogens (tertiary/aromatic N) is 1.